The van der Waals surface area contributed by atoms with Gasteiger partial charge in [-0.1, -0.05) is 0 Å². The van der Waals surface area contributed by atoms with Gasteiger partial charge in [-0.05, 0) is 19.9 Å². The van der Waals surface area contributed by atoms with Crippen LogP contribution in [0, 0.1) is 0 Å². The first-order valence-corrected chi connectivity index (χ1v) is 6.01. The summed E-state index contributed by atoms with van der Waals surface area (Å²) in [6.45, 7) is 3.95. The third-order valence-corrected chi connectivity index (χ3v) is 2.27. The molecule has 0 aromatic rings. The zero-order valence-electron chi connectivity index (χ0n) is 10.9. The molecule has 1 aliphatic heterocycles. The van der Waals surface area contributed by atoms with Crippen LogP contribution in [0.1, 0.15) is 20.3 Å². The van der Waals surface area contributed by atoms with Crippen LogP contribution in [-0.2, 0) is 28.6 Å². The van der Waals surface area contributed by atoms with Crippen LogP contribution in [-0.4, -0.2) is 37.7 Å². The lowest BCUT2D eigenvalue weighted by Crippen LogP contribution is -2.10. The summed E-state index contributed by atoms with van der Waals surface area (Å²) in [4.78, 5) is 34.4. The van der Waals surface area contributed by atoms with Gasteiger partial charge in [-0.2, -0.15) is 0 Å². The summed E-state index contributed by atoms with van der Waals surface area (Å²) in [5.74, 6) is -1.82. The molecule has 0 radical (unpaired) electrons. The predicted octanol–water partition coefficient (Wildman–Crippen LogP) is 0.912. The van der Waals surface area contributed by atoms with E-state index >= 15 is 0 Å². The zero-order valence-corrected chi connectivity index (χ0v) is 10.9. The van der Waals surface area contributed by atoms with Crippen LogP contribution in [0.4, 0.5) is 0 Å². The van der Waals surface area contributed by atoms with Crippen molar-refractivity contribution in [3.63, 3.8) is 0 Å². The first kappa shape index (κ1) is 14.9. The fourth-order valence-corrected chi connectivity index (χ4v) is 1.45. The van der Waals surface area contributed by atoms with E-state index < -0.39 is 17.9 Å². The average molecular weight is 268 g/mol. The van der Waals surface area contributed by atoms with Gasteiger partial charge in [0.05, 0.1) is 25.4 Å². The SMILES string of the molecule is CCOC(=O)/C=C(\C=C1/CCOC1=O)C(=O)OCC. The van der Waals surface area contributed by atoms with Crippen molar-refractivity contribution in [3.8, 4) is 0 Å². The normalized spacial score (nSPS) is 17.3. The van der Waals surface area contributed by atoms with Crippen LogP contribution in [0.5, 0.6) is 0 Å². The molecule has 0 amide bonds. The van der Waals surface area contributed by atoms with Crippen molar-refractivity contribution in [3.05, 3.63) is 23.3 Å². The number of hydrogen-bond acceptors (Lipinski definition) is 6. The Balaban J connectivity index is 2.95. The Labute approximate surface area is 111 Å². The van der Waals surface area contributed by atoms with Crippen molar-refractivity contribution in [1.82, 2.24) is 0 Å². The van der Waals surface area contributed by atoms with Crippen LogP contribution in [0.15, 0.2) is 23.3 Å². The largest absolute Gasteiger partial charge is 0.463 e. The van der Waals surface area contributed by atoms with Gasteiger partial charge in [0.2, 0.25) is 0 Å². The van der Waals surface area contributed by atoms with E-state index in [1.165, 1.54) is 6.08 Å². The van der Waals surface area contributed by atoms with Gasteiger partial charge in [0, 0.05) is 18.1 Å². The Hall–Kier alpha value is -2.11. The van der Waals surface area contributed by atoms with E-state index in [-0.39, 0.29) is 25.4 Å². The molecule has 0 spiro atoms. The number of cyclic esters (lactones) is 1. The molecule has 0 N–H and O–H groups in total. The van der Waals surface area contributed by atoms with Gasteiger partial charge in [0.15, 0.2) is 0 Å². The van der Waals surface area contributed by atoms with Crippen LogP contribution in [0.25, 0.3) is 0 Å². The fourth-order valence-electron chi connectivity index (χ4n) is 1.45. The molecular formula is C13H16O6. The molecule has 0 aromatic carbocycles. The lowest BCUT2D eigenvalue weighted by atomic mass is 10.1. The average Bonchev–Trinajstić information content (AvgIpc) is 2.75. The van der Waals surface area contributed by atoms with Gasteiger partial charge in [-0.25, -0.2) is 14.4 Å². The van der Waals surface area contributed by atoms with Gasteiger partial charge in [0.25, 0.3) is 0 Å². The standard InChI is InChI=1S/C13H16O6/c1-3-17-11(14)8-10(13(16)18-4-2)7-9-5-6-19-12(9)15/h7-8H,3-6H2,1-2H3/b9-7+,10-8+. The van der Waals surface area contributed by atoms with Crippen molar-refractivity contribution < 1.29 is 28.6 Å². The van der Waals surface area contributed by atoms with Gasteiger partial charge in [-0.15, -0.1) is 0 Å². The highest BCUT2D eigenvalue weighted by atomic mass is 16.5. The molecule has 0 saturated carbocycles. The summed E-state index contributed by atoms with van der Waals surface area (Å²) in [7, 11) is 0. The number of ether oxygens (including phenoxy) is 3. The molecule has 104 valence electrons. The maximum atomic E-state index is 11.7. The number of rotatable bonds is 5. The van der Waals surface area contributed by atoms with E-state index in [9.17, 15) is 14.4 Å². The minimum Gasteiger partial charge on any atom is -0.463 e. The molecule has 0 aliphatic carbocycles. The van der Waals surface area contributed by atoms with Crippen molar-refractivity contribution >= 4 is 17.9 Å². The van der Waals surface area contributed by atoms with Gasteiger partial charge in [0.1, 0.15) is 0 Å². The Morgan fingerprint density at radius 2 is 1.95 bits per heavy atom. The van der Waals surface area contributed by atoms with Gasteiger partial charge in [-0.3, -0.25) is 0 Å². The van der Waals surface area contributed by atoms with Crippen LogP contribution in [0.3, 0.4) is 0 Å². The molecule has 6 nitrogen and oxygen atoms in total. The Bertz CT molecular complexity index is 432. The minimum atomic E-state index is -0.678. The molecule has 0 atom stereocenters. The Morgan fingerprint density at radius 3 is 2.47 bits per heavy atom. The summed E-state index contributed by atoms with van der Waals surface area (Å²) in [6, 6.07) is 0. The summed E-state index contributed by atoms with van der Waals surface area (Å²) in [6.07, 6.45) is 2.72. The summed E-state index contributed by atoms with van der Waals surface area (Å²) in [5.41, 5.74) is 0.317. The van der Waals surface area contributed by atoms with Gasteiger partial charge >= 0.3 is 17.9 Å². The lowest BCUT2D eigenvalue weighted by Gasteiger charge is -2.03. The van der Waals surface area contributed by atoms with Crippen molar-refractivity contribution in [2.24, 2.45) is 0 Å². The molecule has 1 fully saturated rings. The summed E-state index contributed by atoms with van der Waals surface area (Å²) >= 11 is 0. The smallest absolute Gasteiger partial charge is 0.338 e. The van der Waals surface area contributed by atoms with Crippen molar-refractivity contribution in [2.75, 3.05) is 19.8 Å². The maximum Gasteiger partial charge on any atom is 0.338 e. The number of carbonyl (C=O) groups excluding carboxylic acids is 3. The third kappa shape index (κ3) is 4.57. The van der Waals surface area contributed by atoms with E-state index in [1.807, 2.05) is 0 Å². The topological polar surface area (TPSA) is 78.9 Å². The van der Waals surface area contributed by atoms with Gasteiger partial charge < -0.3 is 14.2 Å². The van der Waals surface area contributed by atoms with E-state index in [1.54, 1.807) is 13.8 Å². The molecule has 1 saturated heterocycles. The second-order valence-corrected chi connectivity index (χ2v) is 3.63. The first-order chi connectivity index (χ1) is 9.08. The highest BCUT2D eigenvalue weighted by molar-refractivity contribution is 6.01. The minimum absolute atomic E-state index is 0.0193. The summed E-state index contributed by atoms with van der Waals surface area (Å²) in [5, 5.41) is 0. The van der Waals surface area contributed by atoms with Crippen LogP contribution in [0.2, 0.25) is 0 Å². The molecule has 0 bridgehead atoms. The lowest BCUT2D eigenvalue weighted by molar-refractivity contribution is -0.140. The zero-order chi connectivity index (χ0) is 14.3. The molecule has 1 heterocycles. The van der Waals surface area contributed by atoms with E-state index in [0.29, 0.717) is 12.0 Å². The quantitative estimate of drug-likeness (QED) is 0.419. The predicted molar refractivity (Wildman–Crippen MR) is 65.0 cm³/mol. The molecule has 1 rings (SSSR count). The molecule has 0 aromatic heterocycles. The molecule has 0 unspecified atom stereocenters. The molecule has 19 heavy (non-hydrogen) atoms. The number of carbonyl (C=O) groups is 3. The Morgan fingerprint density at radius 1 is 1.26 bits per heavy atom. The second kappa shape index (κ2) is 7.35. The second-order valence-electron chi connectivity index (χ2n) is 3.63. The molecular weight excluding hydrogens is 252 g/mol. The van der Waals surface area contributed by atoms with Crippen LogP contribution >= 0.6 is 0 Å². The highest BCUT2D eigenvalue weighted by Gasteiger charge is 2.21. The third-order valence-electron chi connectivity index (χ3n) is 2.27. The highest BCUT2D eigenvalue weighted by Crippen LogP contribution is 2.16. The monoisotopic (exact) mass is 268 g/mol. The number of esters is 3. The van der Waals surface area contributed by atoms with Crippen LogP contribution < -0.4 is 0 Å². The fraction of sp³-hybridized carbons (Fsp3) is 0.462. The van der Waals surface area contributed by atoms with E-state index in [2.05, 4.69) is 0 Å². The summed E-state index contributed by atoms with van der Waals surface area (Å²) < 4.78 is 14.3. The number of hydrogen-bond donors (Lipinski definition) is 0. The van der Waals surface area contributed by atoms with Crippen molar-refractivity contribution in [1.29, 1.82) is 0 Å². The first-order valence-electron chi connectivity index (χ1n) is 6.01. The van der Waals surface area contributed by atoms with Crippen molar-refractivity contribution in [2.45, 2.75) is 20.3 Å². The van der Waals surface area contributed by atoms with E-state index in [0.717, 1.165) is 6.08 Å². The Kier molecular flexibility index (Phi) is 5.78. The van der Waals surface area contributed by atoms with E-state index in [4.69, 9.17) is 14.2 Å². The molecule has 6 heteroatoms. The molecule has 1 aliphatic rings. The maximum absolute atomic E-state index is 11.7.